The lowest BCUT2D eigenvalue weighted by Gasteiger charge is -2.64. The smallest absolute Gasteiger partial charge is 0.123 e. The number of hydrogen-bond acceptors (Lipinski definition) is 1. The summed E-state index contributed by atoms with van der Waals surface area (Å²) < 4.78 is 6.84. The molecule has 1 aromatic rings. The van der Waals surface area contributed by atoms with Gasteiger partial charge in [-0.2, -0.15) is 0 Å². The monoisotopic (exact) mass is 348 g/mol. The normalized spacial score (nSPS) is 44.1. The molecule has 4 aliphatic rings. The van der Waals surface area contributed by atoms with E-state index in [2.05, 4.69) is 48.0 Å². The lowest BCUT2D eigenvalue weighted by Crippen LogP contribution is -2.54. The van der Waals surface area contributed by atoms with Crippen molar-refractivity contribution in [2.75, 3.05) is 7.11 Å². The van der Waals surface area contributed by atoms with Crippen molar-refractivity contribution < 1.29 is 4.74 Å². The van der Waals surface area contributed by atoms with Crippen molar-refractivity contribution in [3.05, 3.63) is 28.2 Å². The fourth-order valence-corrected chi connectivity index (χ4v) is 6.99. The van der Waals surface area contributed by atoms with Gasteiger partial charge in [0.25, 0.3) is 0 Å². The molecule has 21 heavy (non-hydrogen) atoms. The van der Waals surface area contributed by atoms with Gasteiger partial charge in [0.2, 0.25) is 0 Å². The predicted octanol–water partition coefficient (Wildman–Crippen LogP) is 5.78. The average molecular weight is 349 g/mol. The van der Waals surface area contributed by atoms with Crippen LogP contribution in [0.3, 0.4) is 0 Å². The standard InChI is InChI=1S/C19H25BrO/c1-18-8-12-6-13(10-18)17(19(2,9-12)11-18)15-5-4-14(20)7-16(15)21-3/h4-5,7,12-13,17H,6,8-11H2,1-3H3. The van der Waals surface area contributed by atoms with Gasteiger partial charge >= 0.3 is 0 Å². The summed E-state index contributed by atoms with van der Waals surface area (Å²) in [5.41, 5.74) is 2.54. The summed E-state index contributed by atoms with van der Waals surface area (Å²) in [5.74, 6) is 3.60. The molecular formula is C19H25BrO. The minimum Gasteiger partial charge on any atom is -0.496 e. The van der Waals surface area contributed by atoms with Gasteiger partial charge in [-0.1, -0.05) is 35.8 Å². The van der Waals surface area contributed by atoms with Crippen LogP contribution >= 0.6 is 15.9 Å². The molecule has 5 rings (SSSR count). The molecule has 4 bridgehead atoms. The molecule has 4 saturated carbocycles. The zero-order chi connectivity index (χ0) is 14.8. The third kappa shape index (κ3) is 2.09. The summed E-state index contributed by atoms with van der Waals surface area (Å²) in [6, 6.07) is 6.64. The van der Waals surface area contributed by atoms with Crippen molar-refractivity contribution in [3.63, 3.8) is 0 Å². The second kappa shape index (κ2) is 4.50. The Hall–Kier alpha value is -0.500. The van der Waals surface area contributed by atoms with Gasteiger partial charge in [0.1, 0.15) is 5.75 Å². The highest BCUT2D eigenvalue weighted by atomic mass is 79.9. The SMILES string of the molecule is COc1cc(Br)ccc1C1C2CC3CC(C)(C2)CC1(C)C3. The van der Waals surface area contributed by atoms with Gasteiger partial charge in [0.15, 0.2) is 0 Å². The first-order chi connectivity index (χ1) is 9.92. The van der Waals surface area contributed by atoms with Gasteiger partial charge in [0, 0.05) is 4.47 Å². The molecule has 0 spiro atoms. The second-order valence-electron chi connectivity index (χ2n) is 8.48. The molecule has 5 atom stereocenters. The third-order valence-electron chi connectivity index (χ3n) is 6.51. The van der Waals surface area contributed by atoms with Gasteiger partial charge < -0.3 is 4.74 Å². The number of benzene rings is 1. The topological polar surface area (TPSA) is 9.23 Å². The summed E-state index contributed by atoms with van der Waals surface area (Å²) in [5, 5.41) is 0. The number of hydrogen-bond donors (Lipinski definition) is 0. The van der Waals surface area contributed by atoms with Gasteiger partial charge in [-0.25, -0.2) is 0 Å². The van der Waals surface area contributed by atoms with Crippen molar-refractivity contribution in [1.29, 1.82) is 0 Å². The first-order valence-corrected chi connectivity index (χ1v) is 9.05. The molecule has 114 valence electrons. The van der Waals surface area contributed by atoms with Crippen LogP contribution in [0.25, 0.3) is 0 Å². The molecule has 1 nitrogen and oxygen atoms in total. The molecule has 2 heteroatoms. The van der Waals surface area contributed by atoms with E-state index in [1.165, 1.54) is 37.7 Å². The number of halogens is 1. The Morgan fingerprint density at radius 2 is 2.00 bits per heavy atom. The molecule has 0 aromatic heterocycles. The molecule has 0 radical (unpaired) electrons. The van der Waals surface area contributed by atoms with Crippen molar-refractivity contribution >= 4 is 15.9 Å². The van der Waals surface area contributed by atoms with Gasteiger partial charge in [0.05, 0.1) is 7.11 Å². The Morgan fingerprint density at radius 1 is 1.19 bits per heavy atom. The second-order valence-corrected chi connectivity index (χ2v) is 9.40. The minimum absolute atomic E-state index is 0.472. The maximum absolute atomic E-state index is 5.72. The van der Waals surface area contributed by atoms with Crippen molar-refractivity contribution in [1.82, 2.24) is 0 Å². The quantitative estimate of drug-likeness (QED) is 0.658. The Bertz CT molecular complexity index is 583. The van der Waals surface area contributed by atoms with Crippen LogP contribution in [0.4, 0.5) is 0 Å². The molecule has 0 saturated heterocycles. The largest absolute Gasteiger partial charge is 0.496 e. The van der Waals surface area contributed by atoms with Crippen LogP contribution in [0, 0.1) is 22.7 Å². The Labute approximate surface area is 136 Å². The zero-order valence-electron chi connectivity index (χ0n) is 13.3. The highest BCUT2D eigenvalue weighted by molar-refractivity contribution is 9.10. The van der Waals surface area contributed by atoms with Crippen LogP contribution in [0.5, 0.6) is 5.75 Å². The van der Waals surface area contributed by atoms with Gasteiger partial charge in [-0.3, -0.25) is 0 Å². The van der Waals surface area contributed by atoms with Crippen LogP contribution in [0.15, 0.2) is 22.7 Å². The molecule has 4 aliphatic carbocycles. The molecule has 1 aromatic carbocycles. The van der Waals surface area contributed by atoms with Crippen molar-refractivity contribution in [3.8, 4) is 5.75 Å². The fraction of sp³-hybridized carbons (Fsp3) is 0.684. The maximum atomic E-state index is 5.72. The predicted molar refractivity (Wildman–Crippen MR) is 89.7 cm³/mol. The van der Waals surface area contributed by atoms with Crippen LogP contribution < -0.4 is 4.74 Å². The van der Waals surface area contributed by atoms with Gasteiger partial charge in [-0.05, 0) is 78.4 Å². The highest BCUT2D eigenvalue weighted by Gasteiger charge is 2.59. The van der Waals surface area contributed by atoms with E-state index in [1.54, 1.807) is 0 Å². The summed E-state index contributed by atoms with van der Waals surface area (Å²) in [6.45, 7) is 5.09. The molecular weight excluding hydrogens is 324 g/mol. The first kappa shape index (κ1) is 14.1. The average Bonchev–Trinajstić information content (AvgIpc) is 2.36. The lowest BCUT2D eigenvalue weighted by molar-refractivity contribution is -0.112. The molecule has 5 unspecified atom stereocenters. The lowest BCUT2D eigenvalue weighted by atomic mass is 9.40. The van der Waals surface area contributed by atoms with Crippen molar-refractivity contribution in [2.45, 2.75) is 51.9 Å². The van der Waals surface area contributed by atoms with E-state index < -0.39 is 0 Å². The summed E-state index contributed by atoms with van der Waals surface area (Å²) >= 11 is 3.58. The Kier molecular flexibility index (Phi) is 3.03. The van der Waals surface area contributed by atoms with Crippen LogP contribution in [0.2, 0.25) is 0 Å². The van der Waals surface area contributed by atoms with E-state index in [0.29, 0.717) is 16.7 Å². The van der Waals surface area contributed by atoms with Crippen LogP contribution in [-0.2, 0) is 0 Å². The summed E-state index contributed by atoms with van der Waals surface area (Å²) in [7, 11) is 1.81. The molecule has 0 aliphatic heterocycles. The van der Waals surface area contributed by atoms with E-state index in [4.69, 9.17) is 4.74 Å². The van der Waals surface area contributed by atoms with E-state index >= 15 is 0 Å². The maximum Gasteiger partial charge on any atom is 0.123 e. The molecule has 0 amide bonds. The van der Waals surface area contributed by atoms with Gasteiger partial charge in [-0.15, -0.1) is 0 Å². The van der Waals surface area contributed by atoms with E-state index in [0.717, 1.165) is 22.1 Å². The highest BCUT2D eigenvalue weighted by Crippen LogP contribution is 2.70. The first-order valence-electron chi connectivity index (χ1n) is 8.26. The molecule has 0 N–H and O–H groups in total. The van der Waals surface area contributed by atoms with E-state index in [1.807, 2.05) is 7.11 Å². The number of ether oxygens (including phenoxy) is 1. The van der Waals surface area contributed by atoms with Crippen molar-refractivity contribution in [2.24, 2.45) is 22.7 Å². The minimum atomic E-state index is 0.472. The van der Waals surface area contributed by atoms with E-state index in [-0.39, 0.29) is 0 Å². The fourth-order valence-electron chi connectivity index (χ4n) is 6.65. The number of rotatable bonds is 2. The Morgan fingerprint density at radius 3 is 2.67 bits per heavy atom. The molecule has 4 fully saturated rings. The van der Waals surface area contributed by atoms with E-state index in [9.17, 15) is 0 Å². The third-order valence-corrected chi connectivity index (χ3v) is 7.00. The van der Waals surface area contributed by atoms with Crippen LogP contribution in [0.1, 0.15) is 57.4 Å². The summed E-state index contributed by atoms with van der Waals surface area (Å²) in [6.07, 6.45) is 7.15. The Balaban J connectivity index is 1.79. The summed E-state index contributed by atoms with van der Waals surface area (Å²) in [4.78, 5) is 0. The number of methoxy groups -OCH3 is 1. The zero-order valence-corrected chi connectivity index (χ0v) is 14.9. The molecule has 0 heterocycles. The van der Waals surface area contributed by atoms with Crippen LogP contribution in [-0.4, -0.2) is 7.11 Å².